The highest BCUT2D eigenvalue weighted by Gasteiger charge is 2.24. The average molecular weight is 396 g/mol. The summed E-state index contributed by atoms with van der Waals surface area (Å²) in [5, 5.41) is 3.15. The molecule has 132 valence electrons. The van der Waals surface area contributed by atoms with Gasteiger partial charge in [0.05, 0.1) is 21.7 Å². The van der Waals surface area contributed by atoms with Crippen LogP contribution in [0.3, 0.4) is 0 Å². The fourth-order valence-corrected chi connectivity index (χ4v) is 5.73. The van der Waals surface area contributed by atoms with Crippen LogP contribution in [0.25, 0.3) is 0 Å². The second-order valence-corrected chi connectivity index (χ2v) is 9.42. The fraction of sp³-hybridized carbons (Fsp3) is 0.278. The summed E-state index contributed by atoms with van der Waals surface area (Å²) in [5.41, 5.74) is 1.10. The van der Waals surface area contributed by atoms with Crippen molar-refractivity contribution in [2.24, 2.45) is 0 Å². The van der Waals surface area contributed by atoms with Crippen molar-refractivity contribution in [3.8, 4) is 0 Å². The summed E-state index contributed by atoms with van der Waals surface area (Å²) < 4.78 is 24.8. The van der Waals surface area contributed by atoms with Gasteiger partial charge in [-0.15, -0.1) is 11.8 Å². The van der Waals surface area contributed by atoms with E-state index in [-0.39, 0.29) is 34.0 Å². The molecule has 0 saturated heterocycles. The van der Waals surface area contributed by atoms with Crippen molar-refractivity contribution in [1.29, 1.82) is 0 Å². The summed E-state index contributed by atoms with van der Waals surface area (Å²) in [6.07, 6.45) is 0.754. The molecule has 1 amide bonds. The molecule has 3 rings (SSSR count). The number of halogens is 1. The molecule has 0 spiro atoms. The van der Waals surface area contributed by atoms with Crippen molar-refractivity contribution >= 4 is 39.1 Å². The largest absolute Gasteiger partial charge is 0.349 e. The van der Waals surface area contributed by atoms with Gasteiger partial charge in [-0.2, -0.15) is 0 Å². The van der Waals surface area contributed by atoms with Gasteiger partial charge in [-0.3, -0.25) is 4.79 Å². The summed E-state index contributed by atoms with van der Waals surface area (Å²) in [6, 6.07) is 14.2. The van der Waals surface area contributed by atoms with Crippen molar-refractivity contribution in [3.05, 3.63) is 59.1 Å². The molecule has 7 heteroatoms. The van der Waals surface area contributed by atoms with E-state index >= 15 is 0 Å². The van der Waals surface area contributed by atoms with Gasteiger partial charge in [0.25, 0.3) is 0 Å². The average Bonchev–Trinajstić information content (AvgIpc) is 2.61. The number of benzene rings is 2. The molecule has 0 radical (unpaired) electrons. The molecule has 1 heterocycles. The number of carbonyl (C=O) groups excluding carboxylic acids is 1. The van der Waals surface area contributed by atoms with E-state index in [4.69, 9.17) is 11.6 Å². The molecule has 2 aromatic rings. The lowest BCUT2D eigenvalue weighted by molar-refractivity contribution is -0.121. The highest BCUT2D eigenvalue weighted by molar-refractivity contribution is 7.99. The van der Waals surface area contributed by atoms with Crippen LogP contribution >= 0.6 is 23.4 Å². The Labute approximate surface area is 156 Å². The van der Waals surface area contributed by atoms with Crippen molar-refractivity contribution in [2.45, 2.75) is 28.7 Å². The molecule has 1 atom stereocenters. The number of rotatable bonds is 5. The van der Waals surface area contributed by atoms with Gasteiger partial charge < -0.3 is 5.32 Å². The third kappa shape index (κ3) is 4.37. The molecule has 25 heavy (non-hydrogen) atoms. The van der Waals surface area contributed by atoms with Gasteiger partial charge in [-0.05, 0) is 30.2 Å². The predicted octanol–water partition coefficient (Wildman–Crippen LogP) is 3.86. The lowest BCUT2D eigenvalue weighted by Crippen LogP contribution is -2.31. The monoisotopic (exact) mass is 395 g/mol. The first-order valence-corrected chi connectivity index (χ1v) is 11.0. The van der Waals surface area contributed by atoms with E-state index in [1.54, 1.807) is 23.9 Å². The first-order valence-electron chi connectivity index (χ1n) is 7.96. The van der Waals surface area contributed by atoms with Gasteiger partial charge in [0.15, 0.2) is 9.84 Å². The highest BCUT2D eigenvalue weighted by atomic mass is 35.5. The summed E-state index contributed by atoms with van der Waals surface area (Å²) >= 11 is 7.73. The van der Waals surface area contributed by atoms with Crippen molar-refractivity contribution in [1.82, 2.24) is 5.32 Å². The molecular formula is C18H18ClNO3S2. The molecular weight excluding hydrogens is 378 g/mol. The molecule has 1 N–H and O–H groups in total. The van der Waals surface area contributed by atoms with Crippen LogP contribution in [0.4, 0.5) is 0 Å². The Kier molecular flexibility index (Phi) is 5.71. The van der Waals surface area contributed by atoms with E-state index < -0.39 is 9.84 Å². The number of thioether (sulfide) groups is 1. The molecule has 0 aromatic heterocycles. The van der Waals surface area contributed by atoms with Gasteiger partial charge in [0.2, 0.25) is 5.91 Å². The summed E-state index contributed by atoms with van der Waals surface area (Å²) in [6.45, 7) is 0. The van der Waals surface area contributed by atoms with Crippen LogP contribution < -0.4 is 5.32 Å². The second kappa shape index (κ2) is 7.81. The van der Waals surface area contributed by atoms with Crippen molar-refractivity contribution in [3.63, 3.8) is 0 Å². The topological polar surface area (TPSA) is 63.2 Å². The molecule has 1 aliphatic rings. The molecule has 0 saturated carbocycles. The van der Waals surface area contributed by atoms with Gasteiger partial charge in [-0.25, -0.2) is 8.42 Å². The third-order valence-corrected chi connectivity index (χ3v) is 7.40. The van der Waals surface area contributed by atoms with E-state index in [1.165, 1.54) is 17.0 Å². The predicted molar refractivity (Wildman–Crippen MR) is 101 cm³/mol. The number of fused-ring (bicyclic) bond motifs is 1. The number of carbonyl (C=O) groups is 1. The van der Waals surface area contributed by atoms with Crippen LogP contribution in [0, 0.1) is 0 Å². The lowest BCUT2D eigenvalue weighted by Gasteiger charge is -2.25. The van der Waals surface area contributed by atoms with Gasteiger partial charge in [0.1, 0.15) is 0 Å². The molecule has 0 bridgehead atoms. The standard InChI is InChI=1S/C18H18ClNO3S2/c19-14-6-2-4-8-17(14)25(22,23)12-10-18(21)20-15-9-11-24-16-7-3-1-5-13(15)16/h1-8,15H,9-12H2,(H,20,21)/t15-/m0/s1. The Morgan fingerprint density at radius 3 is 2.68 bits per heavy atom. The van der Waals surface area contributed by atoms with Crippen molar-refractivity contribution < 1.29 is 13.2 Å². The minimum Gasteiger partial charge on any atom is -0.349 e. The van der Waals surface area contributed by atoms with Crippen LogP contribution in [0.5, 0.6) is 0 Å². The quantitative estimate of drug-likeness (QED) is 0.834. The summed E-state index contributed by atoms with van der Waals surface area (Å²) in [4.78, 5) is 13.5. The number of hydrogen-bond donors (Lipinski definition) is 1. The van der Waals surface area contributed by atoms with Gasteiger partial charge in [0, 0.05) is 17.1 Å². The molecule has 4 nitrogen and oxygen atoms in total. The number of amides is 1. The number of hydrogen-bond acceptors (Lipinski definition) is 4. The molecule has 0 unspecified atom stereocenters. The van der Waals surface area contributed by atoms with Crippen LogP contribution in [-0.2, 0) is 14.6 Å². The third-order valence-electron chi connectivity index (χ3n) is 4.06. The fourth-order valence-electron chi connectivity index (χ4n) is 2.79. The zero-order valence-corrected chi connectivity index (χ0v) is 15.8. The normalized spacial score (nSPS) is 16.9. The zero-order valence-electron chi connectivity index (χ0n) is 13.4. The maximum atomic E-state index is 12.4. The van der Waals surface area contributed by atoms with Crippen LogP contribution in [0.1, 0.15) is 24.4 Å². The Balaban J connectivity index is 1.64. The maximum absolute atomic E-state index is 12.4. The minimum atomic E-state index is -3.58. The molecule has 1 aliphatic heterocycles. The van der Waals surface area contributed by atoms with Gasteiger partial charge in [-0.1, -0.05) is 41.9 Å². The van der Waals surface area contributed by atoms with E-state index in [1.807, 2.05) is 24.3 Å². The first-order chi connectivity index (χ1) is 12.0. The molecule has 0 aliphatic carbocycles. The van der Waals surface area contributed by atoms with Crippen LogP contribution in [-0.4, -0.2) is 25.8 Å². The second-order valence-electron chi connectivity index (χ2n) is 5.79. The SMILES string of the molecule is O=C(CCS(=O)(=O)c1ccccc1Cl)N[C@H]1CCSc2ccccc21. The van der Waals surface area contributed by atoms with Gasteiger partial charge >= 0.3 is 0 Å². The Morgan fingerprint density at radius 2 is 1.88 bits per heavy atom. The zero-order chi connectivity index (χ0) is 17.9. The van der Waals surface area contributed by atoms with Crippen LogP contribution in [0.2, 0.25) is 5.02 Å². The Morgan fingerprint density at radius 1 is 1.16 bits per heavy atom. The van der Waals surface area contributed by atoms with Crippen LogP contribution in [0.15, 0.2) is 58.3 Å². The smallest absolute Gasteiger partial charge is 0.221 e. The Bertz CT molecular complexity index is 883. The minimum absolute atomic E-state index is 0.0621. The van der Waals surface area contributed by atoms with E-state index in [0.717, 1.165) is 17.7 Å². The number of sulfone groups is 1. The highest BCUT2D eigenvalue weighted by Crippen LogP contribution is 2.35. The van der Waals surface area contributed by atoms with Crippen molar-refractivity contribution in [2.75, 3.05) is 11.5 Å². The Hall–Kier alpha value is -1.50. The van der Waals surface area contributed by atoms with E-state index in [0.29, 0.717) is 0 Å². The molecule has 2 aromatic carbocycles. The van der Waals surface area contributed by atoms with E-state index in [9.17, 15) is 13.2 Å². The summed E-state index contributed by atoms with van der Waals surface area (Å²) in [7, 11) is -3.58. The van der Waals surface area contributed by atoms with E-state index in [2.05, 4.69) is 5.32 Å². The summed E-state index contributed by atoms with van der Waals surface area (Å²) in [5.74, 6) is 0.410. The molecule has 0 fully saturated rings. The lowest BCUT2D eigenvalue weighted by atomic mass is 10.0. The first kappa shape index (κ1) is 18.3. The maximum Gasteiger partial charge on any atom is 0.221 e. The number of nitrogens with one attached hydrogen (secondary N) is 1.